The number of rotatable bonds is 4. The molecule has 2 bridgehead atoms. The minimum atomic E-state index is 0.423. The van der Waals surface area contributed by atoms with Gasteiger partial charge in [-0.2, -0.15) is 0 Å². The van der Waals surface area contributed by atoms with Crippen LogP contribution in [0.1, 0.15) is 58.3 Å². The summed E-state index contributed by atoms with van der Waals surface area (Å²) in [6.45, 7) is 3.66. The molecule has 0 heterocycles. The van der Waals surface area contributed by atoms with Crippen LogP contribution in [-0.2, 0) is 0 Å². The second-order valence-corrected chi connectivity index (χ2v) is 7.69. The van der Waals surface area contributed by atoms with E-state index >= 15 is 0 Å². The van der Waals surface area contributed by atoms with Crippen molar-refractivity contribution in [3.63, 3.8) is 0 Å². The van der Waals surface area contributed by atoms with Gasteiger partial charge in [-0.3, -0.25) is 0 Å². The standard InChI is InChI=1S/C17H32N2/c1-3-12-5-7-16(18)17(10-12)19(2)11-15-9-13-4-6-14(15)8-13/h12-17H,3-11,18H2,1-2H3. The van der Waals surface area contributed by atoms with Crippen LogP contribution in [-0.4, -0.2) is 30.6 Å². The largest absolute Gasteiger partial charge is 0.326 e. The van der Waals surface area contributed by atoms with Crippen molar-refractivity contribution in [2.75, 3.05) is 13.6 Å². The van der Waals surface area contributed by atoms with E-state index in [2.05, 4.69) is 18.9 Å². The fourth-order valence-electron chi connectivity index (χ4n) is 5.24. The average Bonchev–Trinajstić information content (AvgIpc) is 3.01. The molecule has 2 heteroatoms. The summed E-state index contributed by atoms with van der Waals surface area (Å²) in [5.74, 6) is 4.03. The van der Waals surface area contributed by atoms with Crippen LogP contribution >= 0.6 is 0 Å². The summed E-state index contributed by atoms with van der Waals surface area (Å²) in [6.07, 6.45) is 11.4. The third kappa shape index (κ3) is 2.85. The zero-order chi connectivity index (χ0) is 13.4. The molecule has 110 valence electrons. The highest BCUT2D eigenvalue weighted by molar-refractivity contribution is 4.94. The fourth-order valence-corrected chi connectivity index (χ4v) is 5.24. The van der Waals surface area contributed by atoms with Gasteiger partial charge in [-0.15, -0.1) is 0 Å². The van der Waals surface area contributed by atoms with Crippen LogP contribution < -0.4 is 5.73 Å². The van der Waals surface area contributed by atoms with Gasteiger partial charge < -0.3 is 10.6 Å². The summed E-state index contributed by atoms with van der Waals surface area (Å²) < 4.78 is 0. The van der Waals surface area contributed by atoms with Gasteiger partial charge in [-0.05, 0) is 69.2 Å². The number of hydrogen-bond donors (Lipinski definition) is 1. The van der Waals surface area contributed by atoms with E-state index in [4.69, 9.17) is 5.73 Å². The summed E-state index contributed by atoms with van der Waals surface area (Å²) in [7, 11) is 2.34. The lowest BCUT2D eigenvalue weighted by Gasteiger charge is -2.41. The molecule has 6 unspecified atom stereocenters. The Labute approximate surface area is 119 Å². The van der Waals surface area contributed by atoms with Crippen molar-refractivity contribution >= 4 is 0 Å². The average molecular weight is 264 g/mol. The molecule has 19 heavy (non-hydrogen) atoms. The van der Waals surface area contributed by atoms with Crippen molar-refractivity contribution in [2.24, 2.45) is 29.4 Å². The van der Waals surface area contributed by atoms with E-state index in [0.717, 1.165) is 23.7 Å². The van der Waals surface area contributed by atoms with E-state index < -0.39 is 0 Å². The summed E-state index contributed by atoms with van der Waals surface area (Å²) in [6, 6.07) is 1.07. The van der Waals surface area contributed by atoms with Crippen LogP contribution in [0.5, 0.6) is 0 Å². The number of likely N-dealkylation sites (N-methyl/N-ethyl adjacent to an activating group) is 1. The van der Waals surface area contributed by atoms with E-state index in [1.165, 1.54) is 57.9 Å². The van der Waals surface area contributed by atoms with Crippen LogP contribution in [0.25, 0.3) is 0 Å². The van der Waals surface area contributed by atoms with Crippen molar-refractivity contribution in [2.45, 2.75) is 70.4 Å². The summed E-state index contributed by atoms with van der Waals surface area (Å²) in [5, 5.41) is 0. The third-order valence-corrected chi connectivity index (χ3v) is 6.53. The molecule has 0 saturated heterocycles. The lowest BCUT2D eigenvalue weighted by Crippen LogP contribution is -2.51. The van der Waals surface area contributed by atoms with Gasteiger partial charge >= 0.3 is 0 Å². The van der Waals surface area contributed by atoms with Crippen LogP contribution in [0.15, 0.2) is 0 Å². The molecule has 0 aliphatic heterocycles. The Morgan fingerprint density at radius 2 is 1.89 bits per heavy atom. The van der Waals surface area contributed by atoms with E-state index in [9.17, 15) is 0 Å². The third-order valence-electron chi connectivity index (χ3n) is 6.53. The quantitative estimate of drug-likeness (QED) is 0.844. The zero-order valence-corrected chi connectivity index (χ0v) is 12.9. The molecule has 0 aromatic carbocycles. The van der Waals surface area contributed by atoms with Gasteiger partial charge in [0.25, 0.3) is 0 Å². The first-order chi connectivity index (χ1) is 9.17. The highest BCUT2D eigenvalue weighted by Crippen LogP contribution is 2.48. The van der Waals surface area contributed by atoms with Crippen molar-refractivity contribution in [3.05, 3.63) is 0 Å². The molecule has 3 aliphatic rings. The van der Waals surface area contributed by atoms with Gasteiger partial charge in [-0.1, -0.05) is 19.8 Å². The summed E-state index contributed by atoms with van der Waals surface area (Å²) >= 11 is 0. The monoisotopic (exact) mass is 264 g/mol. The Morgan fingerprint density at radius 3 is 2.53 bits per heavy atom. The molecule has 6 atom stereocenters. The number of nitrogens with two attached hydrogens (primary N) is 1. The molecule has 0 radical (unpaired) electrons. The number of hydrogen-bond acceptors (Lipinski definition) is 2. The van der Waals surface area contributed by atoms with E-state index in [0.29, 0.717) is 12.1 Å². The van der Waals surface area contributed by atoms with Gasteiger partial charge in [0.05, 0.1) is 0 Å². The van der Waals surface area contributed by atoms with Gasteiger partial charge in [0.2, 0.25) is 0 Å². The Morgan fingerprint density at radius 1 is 1.05 bits per heavy atom. The van der Waals surface area contributed by atoms with Gasteiger partial charge in [-0.25, -0.2) is 0 Å². The van der Waals surface area contributed by atoms with Crippen molar-refractivity contribution in [3.8, 4) is 0 Å². The van der Waals surface area contributed by atoms with E-state index in [-0.39, 0.29) is 0 Å². The Kier molecular flexibility index (Phi) is 4.19. The molecule has 3 aliphatic carbocycles. The second kappa shape index (κ2) is 5.73. The van der Waals surface area contributed by atoms with E-state index in [1.54, 1.807) is 0 Å². The topological polar surface area (TPSA) is 29.3 Å². The number of nitrogens with zero attached hydrogens (tertiary/aromatic N) is 1. The minimum Gasteiger partial charge on any atom is -0.326 e. The molecular formula is C17H32N2. The van der Waals surface area contributed by atoms with E-state index in [1.807, 2.05) is 0 Å². The minimum absolute atomic E-state index is 0.423. The molecule has 0 aromatic rings. The summed E-state index contributed by atoms with van der Waals surface area (Å²) in [4.78, 5) is 2.64. The molecule has 0 spiro atoms. The maximum Gasteiger partial charge on any atom is 0.0246 e. The maximum atomic E-state index is 6.41. The van der Waals surface area contributed by atoms with Gasteiger partial charge in [0.15, 0.2) is 0 Å². The van der Waals surface area contributed by atoms with Crippen LogP contribution in [0.4, 0.5) is 0 Å². The molecule has 3 fully saturated rings. The molecule has 3 rings (SSSR count). The lowest BCUT2D eigenvalue weighted by molar-refractivity contribution is 0.106. The zero-order valence-electron chi connectivity index (χ0n) is 12.9. The van der Waals surface area contributed by atoms with Crippen LogP contribution in [0.2, 0.25) is 0 Å². The predicted octanol–water partition coefficient (Wildman–Crippen LogP) is 3.26. The number of fused-ring (bicyclic) bond motifs is 2. The molecule has 0 aromatic heterocycles. The predicted molar refractivity (Wildman–Crippen MR) is 81.0 cm³/mol. The van der Waals surface area contributed by atoms with Crippen LogP contribution in [0, 0.1) is 23.7 Å². The first-order valence-corrected chi connectivity index (χ1v) is 8.63. The SMILES string of the molecule is CCC1CCC(N)C(N(C)CC2CC3CCC2C3)C1. The van der Waals surface area contributed by atoms with Gasteiger partial charge in [0.1, 0.15) is 0 Å². The molecule has 0 amide bonds. The fraction of sp³-hybridized carbons (Fsp3) is 1.00. The van der Waals surface area contributed by atoms with Gasteiger partial charge in [0, 0.05) is 18.6 Å². The molecular weight excluding hydrogens is 232 g/mol. The molecule has 3 saturated carbocycles. The molecule has 2 N–H and O–H groups in total. The molecule has 2 nitrogen and oxygen atoms in total. The normalized spacial score (nSPS) is 46.1. The Bertz CT molecular complexity index is 304. The van der Waals surface area contributed by atoms with Crippen LogP contribution in [0.3, 0.4) is 0 Å². The highest BCUT2D eigenvalue weighted by atomic mass is 15.2. The first-order valence-electron chi connectivity index (χ1n) is 8.63. The van der Waals surface area contributed by atoms with Crippen molar-refractivity contribution < 1.29 is 0 Å². The van der Waals surface area contributed by atoms with Crippen molar-refractivity contribution in [1.82, 2.24) is 4.90 Å². The maximum absolute atomic E-state index is 6.41. The summed E-state index contributed by atoms with van der Waals surface area (Å²) in [5.41, 5.74) is 6.41. The lowest BCUT2D eigenvalue weighted by atomic mass is 9.80. The first kappa shape index (κ1) is 13.9. The smallest absolute Gasteiger partial charge is 0.0246 e. The Balaban J connectivity index is 1.55. The highest BCUT2D eigenvalue weighted by Gasteiger charge is 2.41. The van der Waals surface area contributed by atoms with Crippen molar-refractivity contribution in [1.29, 1.82) is 0 Å². The second-order valence-electron chi connectivity index (χ2n) is 7.69. The Hall–Kier alpha value is -0.0800.